The summed E-state index contributed by atoms with van der Waals surface area (Å²) >= 11 is 0. The topological polar surface area (TPSA) is 46.6 Å². The van der Waals surface area contributed by atoms with Gasteiger partial charge in [-0.3, -0.25) is 9.88 Å². The number of rotatable bonds is 5. The van der Waals surface area contributed by atoms with E-state index in [1.807, 2.05) is 6.07 Å². The molecule has 19 heavy (non-hydrogen) atoms. The minimum absolute atomic E-state index is 0.562. The molecule has 1 atom stereocenters. The average Bonchev–Trinajstić information content (AvgIpc) is 2.47. The Balaban J connectivity index is 2.09. The van der Waals surface area contributed by atoms with Crippen molar-refractivity contribution in [1.29, 1.82) is 0 Å². The molecule has 1 saturated heterocycles. The van der Waals surface area contributed by atoms with Crippen LogP contribution in [0.15, 0.2) is 12.3 Å². The van der Waals surface area contributed by atoms with E-state index in [0.717, 1.165) is 36.8 Å². The molecule has 0 spiro atoms. The van der Waals surface area contributed by atoms with Gasteiger partial charge in [-0.05, 0) is 26.4 Å². The van der Waals surface area contributed by atoms with Crippen LogP contribution in [0.25, 0.3) is 0 Å². The van der Waals surface area contributed by atoms with E-state index in [0.29, 0.717) is 6.04 Å². The van der Waals surface area contributed by atoms with Crippen molar-refractivity contribution >= 4 is 0 Å². The largest absolute Gasteiger partial charge is 0.493 e. The van der Waals surface area contributed by atoms with Crippen LogP contribution in [0.5, 0.6) is 11.5 Å². The molecule has 0 radical (unpaired) electrons. The fraction of sp³-hybridized carbons (Fsp3) is 0.643. The molecule has 1 fully saturated rings. The molecular formula is C14H23N3O2. The predicted octanol–water partition coefficient (Wildman–Crippen LogP) is 1.28. The Kier molecular flexibility index (Phi) is 4.99. The Labute approximate surface area is 114 Å². The maximum absolute atomic E-state index is 5.43. The van der Waals surface area contributed by atoms with Crippen molar-refractivity contribution in [1.82, 2.24) is 15.2 Å². The van der Waals surface area contributed by atoms with Crippen molar-refractivity contribution in [3.63, 3.8) is 0 Å². The van der Waals surface area contributed by atoms with Crippen molar-refractivity contribution in [3.8, 4) is 11.5 Å². The van der Waals surface area contributed by atoms with Crippen LogP contribution < -0.4 is 14.8 Å². The lowest BCUT2D eigenvalue weighted by Crippen LogP contribution is -2.43. The van der Waals surface area contributed by atoms with E-state index in [-0.39, 0.29) is 0 Å². The first-order chi connectivity index (χ1) is 9.26. The molecule has 0 amide bonds. The first-order valence-electron chi connectivity index (χ1n) is 6.73. The summed E-state index contributed by atoms with van der Waals surface area (Å²) in [6.07, 6.45) is 4.23. The third kappa shape index (κ3) is 3.36. The second-order valence-corrected chi connectivity index (χ2v) is 4.91. The maximum atomic E-state index is 5.43. The third-order valence-corrected chi connectivity index (χ3v) is 3.66. The van der Waals surface area contributed by atoms with E-state index in [2.05, 4.69) is 22.2 Å². The number of piperidine rings is 1. The number of methoxy groups -OCH3 is 2. The minimum Gasteiger partial charge on any atom is -0.493 e. The van der Waals surface area contributed by atoms with Crippen molar-refractivity contribution in [2.45, 2.75) is 25.4 Å². The summed E-state index contributed by atoms with van der Waals surface area (Å²) in [6, 6.07) is 2.39. The van der Waals surface area contributed by atoms with Gasteiger partial charge in [0, 0.05) is 31.4 Å². The summed E-state index contributed by atoms with van der Waals surface area (Å²) in [5, 5.41) is 3.43. The van der Waals surface area contributed by atoms with E-state index in [1.165, 1.54) is 12.8 Å². The molecule has 5 nitrogen and oxygen atoms in total. The molecule has 0 saturated carbocycles. The molecule has 1 N–H and O–H groups in total. The number of nitrogens with one attached hydrogen (secondary N) is 1. The standard InChI is InChI=1S/C14H23N3O2/c1-17(11-5-4-7-15-9-11)10-12-14(19-3)13(18-2)6-8-16-12/h6,8,11,15H,4-5,7,9-10H2,1-3H3. The van der Waals surface area contributed by atoms with Gasteiger partial charge in [0.25, 0.3) is 0 Å². The Bertz CT molecular complexity index is 406. The van der Waals surface area contributed by atoms with Crippen molar-refractivity contribution < 1.29 is 9.47 Å². The SMILES string of the molecule is COc1ccnc(CN(C)C2CCCNC2)c1OC. The van der Waals surface area contributed by atoms with Crippen LogP contribution >= 0.6 is 0 Å². The van der Waals surface area contributed by atoms with Crippen LogP contribution in [0.2, 0.25) is 0 Å². The molecule has 0 aromatic carbocycles. The third-order valence-electron chi connectivity index (χ3n) is 3.66. The Hall–Kier alpha value is -1.33. The molecule has 0 bridgehead atoms. The summed E-state index contributed by atoms with van der Waals surface area (Å²) < 4.78 is 10.7. The summed E-state index contributed by atoms with van der Waals surface area (Å²) in [7, 11) is 5.44. The molecule has 106 valence electrons. The lowest BCUT2D eigenvalue weighted by molar-refractivity contribution is 0.191. The molecule has 2 rings (SSSR count). The molecule has 1 aromatic rings. The quantitative estimate of drug-likeness (QED) is 0.869. The number of hydrogen-bond donors (Lipinski definition) is 1. The molecule has 1 aliphatic rings. The van der Waals surface area contributed by atoms with Gasteiger partial charge >= 0.3 is 0 Å². The second-order valence-electron chi connectivity index (χ2n) is 4.91. The van der Waals surface area contributed by atoms with E-state index < -0.39 is 0 Å². The summed E-state index contributed by atoms with van der Waals surface area (Å²) in [5.41, 5.74) is 0.926. The van der Waals surface area contributed by atoms with Crippen molar-refractivity contribution in [2.75, 3.05) is 34.4 Å². The Morgan fingerprint density at radius 2 is 2.26 bits per heavy atom. The number of hydrogen-bond acceptors (Lipinski definition) is 5. The number of ether oxygens (including phenoxy) is 2. The smallest absolute Gasteiger partial charge is 0.183 e. The van der Waals surface area contributed by atoms with E-state index >= 15 is 0 Å². The zero-order valence-corrected chi connectivity index (χ0v) is 12.0. The second kappa shape index (κ2) is 6.73. The lowest BCUT2D eigenvalue weighted by Gasteiger charge is -2.31. The van der Waals surface area contributed by atoms with Gasteiger partial charge in [0.05, 0.1) is 14.2 Å². The molecule has 5 heteroatoms. The molecule has 1 aliphatic heterocycles. The highest BCUT2D eigenvalue weighted by Gasteiger charge is 2.20. The van der Waals surface area contributed by atoms with Crippen LogP contribution in [-0.2, 0) is 6.54 Å². The van der Waals surface area contributed by atoms with Gasteiger partial charge < -0.3 is 14.8 Å². The van der Waals surface area contributed by atoms with Crippen LogP contribution in [0.1, 0.15) is 18.5 Å². The van der Waals surface area contributed by atoms with Gasteiger partial charge in [-0.2, -0.15) is 0 Å². The first kappa shape index (κ1) is 14.1. The fourth-order valence-corrected chi connectivity index (χ4v) is 2.54. The average molecular weight is 265 g/mol. The molecule has 1 unspecified atom stereocenters. The number of pyridine rings is 1. The van der Waals surface area contributed by atoms with Gasteiger partial charge in [0.15, 0.2) is 11.5 Å². The maximum Gasteiger partial charge on any atom is 0.183 e. The number of likely N-dealkylation sites (N-methyl/N-ethyl adjacent to an activating group) is 1. The van der Waals surface area contributed by atoms with E-state index in [4.69, 9.17) is 9.47 Å². The van der Waals surface area contributed by atoms with Gasteiger partial charge in [0.2, 0.25) is 0 Å². The zero-order chi connectivity index (χ0) is 13.7. The van der Waals surface area contributed by atoms with E-state index in [9.17, 15) is 0 Å². The summed E-state index contributed by atoms with van der Waals surface area (Å²) in [4.78, 5) is 6.76. The molecular weight excluding hydrogens is 242 g/mol. The summed E-state index contributed by atoms with van der Waals surface area (Å²) in [6.45, 7) is 2.95. The monoisotopic (exact) mass is 265 g/mol. The highest BCUT2D eigenvalue weighted by atomic mass is 16.5. The Morgan fingerprint density at radius 1 is 1.42 bits per heavy atom. The number of nitrogens with zero attached hydrogens (tertiary/aromatic N) is 2. The number of aromatic nitrogens is 1. The molecule has 2 heterocycles. The Morgan fingerprint density at radius 3 is 2.89 bits per heavy atom. The minimum atomic E-state index is 0.562. The first-order valence-corrected chi connectivity index (χ1v) is 6.73. The normalized spacial score (nSPS) is 19.5. The van der Waals surface area contributed by atoms with Gasteiger partial charge in [-0.15, -0.1) is 0 Å². The van der Waals surface area contributed by atoms with Crippen LogP contribution in [0.4, 0.5) is 0 Å². The van der Waals surface area contributed by atoms with Crippen LogP contribution in [-0.4, -0.2) is 50.3 Å². The van der Waals surface area contributed by atoms with Gasteiger partial charge in [-0.1, -0.05) is 0 Å². The lowest BCUT2D eigenvalue weighted by atomic mass is 10.1. The fourth-order valence-electron chi connectivity index (χ4n) is 2.54. The predicted molar refractivity (Wildman–Crippen MR) is 74.7 cm³/mol. The highest BCUT2D eigenvalue weighted by molar-refractivity contribution is 5.42. The van der Waals surface area contributed by atoms with Crippen LogP contribution in [0, 0.1) is 0 Å². The van der Waals surface area contributed by atoms with E-state index in [1.54, 1.807) is 20.4 Å². The summed E-state index contributed by atoms with van der Waals surface area (Å²) in [5.74, 6) is 1.48. The molecule has 0 aliphatic carbocycles. The van der Waals surface area contributed by atoms with Crippen LogP contribution in [0.3, 0.4) is 0 Å². The van der Waals surface area contributed by atoms with Gasteiger partial charge in [-0.25, -0.2) is 0 Å². The van der Waals surface area contributed by atoms with Crippen molar-refractivity contribution in [3.05, 3.63) is 18.0 Å². The highest BCUT2D eigenvalue weighted by Crippen LogP contribution is 2.30. The van der Waals surface area contributed by atoms with Gasteiger partial charge in [0.1, 0.15) is 5.69 Å². The zero-order valence-electron chi connectivity index (χ0n) is 12.0. The molecule has 1 aromatic heterocycles. The van der Waals surface area contributed by atoms with Crippen molar-refractivity contribution in [2.24, 2.45) is 0 Å².